The average Bonchev–Trinajstić information content (AvgIpc) is 3.17. The molecule has 0 heterocycles. The first-order chi connectivity index (χ1) is 8.99. The smallest absolute Gasteiger partial charge is 0.226 e. The zero-order valence-corrected chi connectivity index (χ0v) is 12.3. The Labute approximate surface area is 123 Å². The van der Waals surface area contributed by atoms with Gasteiger partial charge in [-0.2, -0.15) is 0 Å². The lowest BCUT2D eigenvalue weighted by Gasteiger charge is -2.21. The number of benzene rings is 1. The molecule has 1 aliphatic rings. The standard InChI is InChI=1S/C14H17Cl2NO2/c1-17(8-13(18)9-5-6-9)14(19)7-10-11(15)3-2-4-12(10)16/h2-4,9,13,18H,5-8H2,1H3. The van der Waals surface area contributed by atoms with Crippen LogP contribution in [0.2, 0.25) is 10.0 Å². The van der Waals surface area contributed by atoms with Crippen molar-refractivity contribution in [3.63, 3.8) is 0 Å². The molecule has 0 saturated heterocycles. The fourth-order valence-corrected chi connectivity index (χ4v) is 2.53. The molecule has 1 amide bonds. The van der Waals surface area contributed by atoms with Crippen LogP contribution in [-0.2, 0) is 11.2 Å². The van der Waals surface area contributed by atoms with Crippen LogP contribution in [0, 0.1) is 5.92 Å². The molecule has 0 bridgehead atoms. The van der Waals surface area contributed by atoms with Crippen LogP contribution in [-0.4, -0.2) is 35.6 Å². The molecule has 0 aliphatic heterocycles. The van der Waals surface area contributed by atoms with Gasteiger partial charge in [-0.15, -0.1) is 0 Å². The molecule has 1 N–H and O–H groups in total. The molecule has 3 nitrogen and oxygen atoms in total. The lowest BCUT2D eigenvalue weighted by atomic mass is 10.1. The van der Waals surface area contributed by atoms with Gasteiger partial charge in [-0.05, 0) is 36.5 Å². The fraction of sp³-hybridized carbons (Fsp3) is 0.500. The molecule has 1 aromatic carbocycles. The van der Waals surface area contributed by atoms with E-state index in [9.17, 15) is 9.90 Å². The molecule has 104 valence electrons. The van der Waals surface area contributed by atoms with Crippen LogP contribution in [0.15, 0.2) is 18.2 Å². The number of hydrogen-bond acceptors (Lipinski definition) is 2. The molecule has 1 aliphatic carbocycles. The van der Waals surface area contributed by atoms with E-state index >= 15 is 0 Å². The summed E-state index contributed by atoms with van der Waals surface area (Å²) >= 11 is 12.1. The molecular weight excluding hydrogens is 285 g/mol. The van der Waals surface area contributed by atoms with Crippen LogP contribution >= 0.6 is 23.2 Å². The number of likely N-dealkylation sites (N-methyl/N-ethyl adjacent to an activating group) is 1. The van der Waals surface area contributed by atoms with Gasteiger partial charge in [0.25, 0.3) is 0 Å². The maximum atomic E-state index is 12.1. The first-order valence-corrected chi connectivity index (χ1v) is 7.09. The second-order valence-electron chi connectivity index (χ2n) is 5.06. The number of aliphatic hydroxyl groups is 1. The number of halogens is 2. The number of nitrogens with zero attached hydrogens (tertiary/aromatic N) is 1. The van der Waals surface area contributed by atoms with Crippen LogP contribution in [0.3, 0.4) is 0 Å². The molecule has 19 heavy (non-hydrogen) atoms. The Morgan fingerprint density at radius 2 is 2.00 bits per heavy atom. The Morgan fingerprint density at radius 1 is 1.42 bits per heavy atom. The van der Waals surface area contributed by atoms with Gasteiger partial charge in [0.15, 0.2) is 0 Å². The normalized spacial score (nSPS) is 16.2. The highest BCUT2D eigenvalue weighted by Crippen LogP contribution is 2.33. The summed E-state index contributed by atoms with van der Waals surface area (Å²) in [5, 5.41) is 10.8. The zero-order valence-electron chi connectivity index (χ0n) is 10.8. The van der Waals surface area contributed by atoms with E-state index in [4.69, 9.17) is 23.2 Å². The van der Waals surface area contributed by atoms with Gasteiger partial charge in [-0.25, -0.2) is 0 Å². The number of rotatable bonds is 5. The summed E-state index contributed by atoms with van der Waals surface area (Å²) in [4.78, 5) is 13.6. The third-order valence-corrected chi connectivity index (χ3v) is 4.15. The van der Waals surface area contributed by atoms with Gasteiger partial charge in [0, 0.05) is 23.6 Å². The minimum absolute atomic E-state index is 0.0882. The largest absolute Gasteiger partial charge is 0.391 e. The molecular formula is C14H17Cl2NO2. The van der Waals surface area contributed by atoms with E-state index in [0.29, 0.717) is 28.1 Å². The number of carbonyl (C=O) groups is 1. The van der Waals surface area contributed by atoms with Crippen molar-refractivity contribution < 1.29 is 9.90 Å². The third-order valence-electron chi connectivity index (χ3n) is 3.44. The summed E-state index contributed by atoms with van der Waals surface area (Å²) in [6, 6.07) is 5.18. The molecule has 5 heteroatoms. The van der Waals surface area contributed by atoms with E-state index in [1.807, 2.05) is 0 Å². The summed E-state index contributed by atoms with van der Waals surface area (Å²) in [5.41, 5.74) is 0.642. The van der Waals surface area contributed by atoms with Gasteiger partial charge in [0.2, 0.25) is 5.91 Å². The molecule has 0 spiro atoms. The maximum absolute atomic E-state index is 12.1. The minimum Gasteiger partial charge on any atom is -0.391 e. The number of aliphatic hydroxyl groups excluding tert-OH is 1. The maximum Gasteiger partial charge on any atom is 0.226 e. The highest BCUT2D eigenvalue weighted by atomic mass is 35.5. The van der Waals surface area contributed by atoms with Gasteiger partial charge in [0.05, 0.1) is 12.5 Å². The van der Waals surface area contributed by atoms with Gasteiger partial charge in [-0.3, -0.25) is 4.79 Å². The fourth-order valence-electron chi connectivity index (χ4n) is 2.00. The quantitative estimate of drug-likeness (QED) is 0.908. The molecule has 1 saturated carbocycles. The first-order valence-electron chi connectivity index (χ1n) is 6.34. The summed E-state index contributed by atoms with van der Waals surface area (Å²) in [7, 11) is 1.69. The van der Waals surface area contributed by atoms with Crippen molar-refractivity contribution in [2.24, 2.45) is 5.92 Å². The topological polar surface area (TPSA) is 40.5 Å². The predicted octanol–water partition coefficient (Wildman–Crippen LogP) is 2.77. The third kappa shape index (κ3) is 3.85. The minimum atomic E-state index is -0.421. The van der Waals surface area contributed by atoms with E-state index in [2.05, 4.69) is 0 Å². The highest BCUT2D eigenvalue weighted by molar-refractivity contribution is 6.36. The van der Waals surface area contributed by atoms with E-state index in [1.54, 1.807) is 30.1 Å². The van der Waals surface area contributed by atoms with Crippen molar-refractivity contribution >= 4 is 29.1 Å². The van der Waals surface area contributed by atoms with Gasteiger partial charge >= 0.3 is 0 Å². The summed E-state index contributed by atoms with van der Waals surface area (Å²) in [6.45, 7) is 0.367. The van der Waals surface area contributed by atoms with Crippen molar-refractivity contribution in [1.29, 1.82) is 0 Å². The van der Waals surface area contributed by atoms with Crippen molar-refractivity contribution in [3.8, 4) is 0 Å². The van der Waals surface area contributed by atoms with Crippen molar-refractivity contribution in [2.75, 3.05) is 13.6 Å². The van der Waals surface area contributed by atoms with Crippen LogP contribution in [0.5, 0.6) is 0 Å². The van der Waals surface area contributed by atoms with Gasteiger partial charge < -0.3 is 10.0 Å². The lowest BCUT2D eigenvalue weighted by molar-refractivity contribution is -0.130. The van der Waals surface area contributed by atoms with Crippen LogP contribution in [0.4, 0.5) is 0 Å². The first kappa shape index (κ1) is 14.6. The SMILES string of the molecule is CN(CC(O)C1CC1)C(=O)Cc1c(Cl)cccc1Cl. The van der Waals surface area contributed by atoms with Crippen LogP contribution in [0.25, 0.3) is 0 Å². The lowest BCUT2D eigenvalue weighted by Crippen LogP contribution is -2.36. The molecule has 1 unspecified atom stereocenters. The summed E-state index contributed by atoms with van der Waals surface area (Å²) in [5.74, 6) is 0.272. The molecule has 1 atom stereocenters. The average molecular weight is 302 g/mol. The second kappa shape index (κ2) is 6.12. The predicted molar refractivity (Wildman–Crippen MR) is 76.5 cm³/mol. The monoisotopic (exact) mass is 301 g/mol. The van der Waals surface area contributed by atoms with Gasteiger partial charge in [-0.1, -0.05) is 29.3 Å². The Morgan fingerprint density at radius 3 is 2.53 bits per heavy atom. The van der Waals surface area contributed by atoms with E-state index < -0.39 is 6.10 Å². The van der Waals surface area contributed by atoms with Crippen LogP contribution < -0.4 is 0 Å². The van der Waals surface area contributed by atoms with Crippen molar-refractivity contribution in [3.05, 3.63) is 33.8 Å². The highest BCUT2D eigenvalue weighted by Gasteiger charge is 2.31. The molecule has 1 fully saturated rings. The van der Waals surface area contributed by atoms with E-state index in [1.165, 1.54) is 0 Å². The van der Waals surface area contributed by atoms with Crippen molar-refractivity contribution in [1.82, 2.24) is 4.90 Å². The molecule has 0 aromatic heterocycles. The number of amides is 1. The van der Waals surface area contributed by atoms with E-state index in [-0.39, 0.29) is 12.3 Å². The Balaban J connectivity index is 1.96. The van der Waals surface area contributed by atoms with E-state index in [0.717, 1.165) is 12.8 Å². The summed E-state index contributed by atoms with van der Waals surface area (Å²) in [6.07, 6.45) is 1.85. The van der Waals surface area contributed by atoms with Crippen LogP contribution in [0.1, 0.15) is 18.4 Å². The van der Waals surface area contributed by atoms with Gasteiger partial charge in [0.1, 0.15) is 0 Å². The Hall–Kier alpha value is -0.770. The Bertz CT molecular complexity index is 454. The zero-order chi connectivity index (χ0) is 14.0. The molecule has 2 rings (SSSR count). The number of hydrogen-bond donors (Lipinski definition) is 1. The summed E-state index contributed by atoms with van der Waals surface area (Å²) < 4.78 is 0. The second-order valence-corrected chi connectivity index (χ2v) is 5.87. The molecule has 0 radical (unpaired) electrons. The Kier molecular flexibility index (Phi) is 4.71. The molecule has 1 aromatic rings. The van der Waals surface area contributed by atoms with Crippen molar-refractivity contribution in [2.45, 2.75) is 25.4 Å². The number of carbonyl (C=O) groups excluding carboxylic acids is 1.